The van der Waals surface area contributed by atoms with E-state index in [0.717, 1.165) is 31.9 Å². The van der Waals surface area contributed by atoms with E-state index < -0.39 is 0 Å². The van der Waals surface area contributed by atoms with Gasteiger partial charge < -0.3 is 4.74 Å². The molecule has 0 saturated carbocycles. The van der Waals surface area contributed by atoms with Crippen LogP contribution in [-0.4, -0.2) is 36.7 Å². The molecule has 0 unspecified atom stereocenters. The van der Waals surface area contributed by atoms with Gasteiger partial charge in [0.1, 0.15) is 5.15 Å². The summed E-state index contributed by atoms with van der Waals surface area (Å²) >= 11 is 5.96. The molecule has 0 aromatic carbocycles. The van der Waals surface area contributed by atoms with Gasteiger partial charge in [0.05, 0.1) is 6.61 Å². The molecule has 0 N–H and O–H groups in total. The number of hydrogen-bond acceptors (Lipinski definition) is 3. The van der Waals surface area contributed by atoms with Crippen LogP contribution in [0.1, 0.15) is 12.5 Å². The van der Waals surface area contributed by atoms with Gasteiger partial charge in [-0.2, -0.15) is 0 Å². The van der Waals surface area contributed by atoms with Crippen molar-refractivity contribution in [3.63, 3.8) is 0 Å². The topological polar surface area (TPSA) is 25.4 Å². The molecule has 1 heterocycles. The van der Waals surface area contributed by atoms with Gasteiger partial charge in [-0.05, 0) is 20.0 Å². The lowest BCUT2D eigenvalue weighted by atomic mass is 10.3. The summed E-state index contributed by atoms with van der Waals surface area (Å²) in [4.78, 5) is 6.20. The minimum absolute atomic E-state index is 0.584. The van der Waals surface area contributed by atoms with Gasteiger partial charge in [-0.3, -0.25) is 4.90 Å². The number of nitrogens with zero attached hydrogens (tertiary/aromatic N) is 2. The molecule has 0 amide bonds. The molecule has 1 rings (SSSR count). The fourth-order valence-electron chi connectivity index (χ4n) is 1.27. The van der Waals surface area contributed by atoms with E-state index in [0.29, 0.717) is 5.15 Å². The van der Waals surface area contributed by atoms with Crippen molar-refractivity contribution in [1.82, 2.24) is 9.88 Å². The summed E-state index contributed by atoms with van der Waals surface area (Å²) in [6, 6.07) is 3.89. The molecule has 0 radical (unpaired) electrons. The Labute approximate surface area is 96.0 Å². The molecular formula is C11H17ClN2O. The first-order chi connectivity index (χ1) is 7.24. The molecule has 1 aromatic heterocycles. The Bertz CT molecular complexity index is 294. The Balaban J connectivity index is 2.37. The van der Waals surface area contributed by atoms with Crippen molar-refractivity contribution in [2.45, 2.75) is 13.5 Å². The number of ether oxygens (including phenoxy) is 1. The Morgan fingerprint density at radius 1 is 1.53 bits per heavy atom. The number of hydrogen-bond donors (Lipinski definition) is 0. The van der Waals surface area contributed by atoms with Crippen molar-refractivity contribution < 1.29 is 4.74 Å². The maximum absolute atomic E-state index is 5.96. The molecule has 0 aliphatic heterocycles. The summed E-state index contributed by atoms with van der Waals surface area (Å²) in [5, 5.41) is 0.584. The molecule has 4 heteroatoms. The normalized spacial score (nSPS) is 10.9. The predicted octanol–water partition coefficient (Wildman–Crippen LogP) is 2.20. The maximum Gasteiger partial charge on any atom is 0.133 e. The fraction of sp³-hybridized carbons (Fsp3) is 0.545. The second-order valence-electron chi connectivity index (χ2n) is 3.39. The summed E-state index contributed by atoms with van der Waals surface area (Å²) in [5.74, 6) is 0. The van der Waals surface area contributed by atoms with Crippen molar-refractivity contribution in [2.24, 2.45) is 0 Å². The first kappa shape index (κ1) is 12.4. The summed E-state index contributed by atoms with van der Waals surface area (Å²) < 4.78 is 5.28. The van der Waals surface area contributed by atoms with Gasteiger partial charge in [0.15, 0.2) is 0 Å². The van der Waals surface area contributed by atoms with Crippen LogP contribution in [0.3, 0.4) is 0 Å². The minimum Gasteiger partial charge on any atom is -0.380 e. The van der Waals surface area contributed by atoms with Crippen LogP contribution in [0.5, 0.6) is 0 Å². The Hall–Kier alpha value is -0.640. The molecule has 84 valence electrons. The third-order valence-electron chi connectivity index (χ3n) is 2.10. The molecule has 0 aliphatic carbocycles. The number of halogens is 1. The van der Waals surface area contributed by atoms with Gasteiger partial charge in [-0.25, -0.2) is 4.98 Å². The van der Waals surface area contributed by atoms with Crippen LogP contribution in [-0.2, 0) is 11.3 Å². The molecule has 3 nitrogen and oxygen atoms in total. The zero-order chi connectivity index (χ0) is 11.1. The lowest BCUT2D eigenvalue weighted by Gasteiger charge is -2.16. The SMILES string of the molecule is CCOCCN(C)Cc1cccnc1Cl. The van der Waals surface area contributed by atoms with Gasteiger partial charge in [-0.1, -0.05) is 17.7 Å². The van der Waals surface area contributed by atoms with E-state index in [9.17, 15) is 0 Å². The van der Waals surface area contributed by atoms with Gasteiger partial charge in [0, 0.05) is 31.5 Å². The average Bonchev–Trinajstić information content (AvgIpc) is 2.22. The highest BCUT2D eigenvalue weighted by Gasteiger charge is 2.04. The van der Waals surface area contributed by atoms with Crippen LogP contribution < -0.4 is 0 Å². The molecule has 15 heavy (non-hydrogen) atoms. The quantitative estimate of drug-likeness (QED) is 0.552. The third-order valence-corrected chi connectivity index (χ3v) is 2.44. The highest BCUT2D eigenvalue weighted by molar-refractivity contribution is 6.30. The van der Waals surface area contributed by atoms with E-state index in [-0.39, 0.29) is 0 Å². The monoisotopic (exact) mass is 228 g/mol. The average molecular weight is 229 g/mol. The van der Waals surface area contributed by atoms with Gasteiger partial charge in [-0.15, -0.1) is 0 Å². The van der Waals surface area contributed by atoms with E-state index in [1.807, 2.05) is 26.1 Å². The standard InChI is InChI=1S/C11H17ClN2O/c1-3-15-8-7-14(2)9-10-5-4-6-13-11(10)12/h4-6H,3,7-9H2,1-2H3. The second-order valence-corrected chi connectivity index (χ2v) is 3.75. The molecule has 0 atom stereocenters. The van der Waals surface area contributed by atoms with Gasteiger partial charge in [0.25, 0.3) is 0 Å². The highest BCUT2D eigenvalue weighted by Crippen LogP contribution is 2.12. The number of likely N-dealkylation sites (N-methyl/N-ethyl adjacent to an activating group) is 1. The number of rotatable bonds is 6. The van der Waals surface area contributed by atoms with Crippen molar-refractivity contribution in [3.8, 4) is 0 Å². The summed E-state index contributed by atoms with van der Waals surface area (Å²) in [6.45, 7) is 5.23. The first-order valence-corrected chi connectivity index (χ1v) is 5.47. The minimum atomic E-state index is 0.584. The zero-order valence-electron chi connectivity index (χ0n) is 9.24. The van der Waals surface area contributed by atoms with Crippen molar-refractivity contribution >= 4 is 11.6 Å². The Kier molecular flexibility index (Phi) is 5.61. The lowest BCUT2D eigenvalue weighted by molar-refractivity contribution is 0.120. The smallest absolute Gasteiger partial charge is 0.133 e. The highest BCUT2D eigenvalue weighted by atomic mass is 35.5. The van der Waals surface area contributed by atoms with Crippen molar-refractivity contribution in [3.05, 3.63) is 29.0 Å². The molecule has 0 bridgehead atoms. The fourth-order valence-corrected chi connectivity index (χ4v) is 1.45. The second kappa shape index (κ2) is 6.77. The zero-order valence-corrected chi connectivity index (χ0v) is 10.00. The van der Waals surface area contributed by atoms with Gasteiger partial charge >= 0.3 is 0 Å². The lowest BCUT2D eigenvalue weighted by Crippen LogP contribution is -2.23. The Morgan fingerprint density at radius 3 is 3.00 bits per heavy atom. The summed E-state index contributed by atoms with van der Waals surface area (Å²) in [7, 11) is 2.04. The largest absolute Gasteiger partial charge is 0.380 e. The van der Waals surface area contributed by atoms with Gasteiger partial charge in [0.2, 0.25) is 0 Å². The van der Waals surface area contributed by atoms with Crippen molar-refractivity contribution in [1.29, 1.82) is 0 Å². The molecule has 0 saturated heterocycles. The van der Waals surface area contributed by atoms with E-state index in [1.165, 1.54) is 0 Å². The van der Waals surface area contributed by atoms with Crippen LogP contribution in [0.4, 0.5) is 0 Å². The summed E-state index contributed by atoms with van der Waals surface area (Å²) in [6.07, 6.45) is 1.70. The number of pyridine rings is 1. The molecule has 0 aliphatic rings. The van der Waals surface area contributed by atoms with E-state index in [1.54, 1.807) is 6.20 Å². The van der Waals surface area contributed by atoms with Crippen molar-refractivity contribution in [2.75, 3.05) is 26.8 Å². The summed E-state index contributed by atoms with van der Waals surface area (Å²) in [5.41, 5.74) is 1.05. The molecule has 1 aromatic rings. The third kappa shape index (κ3) is 4.60. The predicted molar refractivity (Wildman–Crippen MR) is 62.1 cm³/mol. The molecular weight excluding hydrogens is 212 g/mol. The van der Waals surface area contributed by atoms with Crippen LogP contribution >= 0.6 is 11.6 Å². The van der Waals surface area contributed by atoms with E-state index in [2.05, 4.69) is 9.88 Å². The van der Waals surface area contributed by atoms with Crippen LogP contribution in [0.25, 0.3) is 0 Å². The number of aromatic nitrogens is 1. The van der Waals surface area contributed by atoms with Crippen LogP contribution in [0, 0.1) is 0 Å². The van der Waals surface area contributed by atoms with Crippen LogP contribution in [0.2, 0.25) is 5.15 Å². The molecule has 0 spiro atoms. The first-order valence-electron chi connectivity index (χ1n) is 5.09. The molecule has 0 fully saturated rings. The van der Waals surface area contributed by atoms with Crippen LogP contribution in [0.15, 0.2) is 18.3 Å². The van der Waals surface area contributed by atoms with E-state index >= 15 is 0 Å². The Morgan fingerprint density at radius 2 is 2.33 bits per heavy atom. The maximum atomic E-state index is 5.96. The van der Waals surface area contributed by atoms with E-state index in [4.69, 9.17) is 16.3 Å².